The Labute approximate surface area is 374 Å². The van der Waals surface area contributed by atoms with Gasteiger partial charge in [0.1, 0.15) is 55.3 Å². The number of unbranched alkanes of at least 4 members (excludes halogenated alkanes) is 16. The number of esters is 2. The summed E-state index contributed by atoms with van der Waals surface area (Å²) < 4.78 is 22.6. The molecular formula is C45H80N4O14. The van der Waals surface area contributed by atoms with Crippen molar-refractivity contribution in [1.82, 2.24) is 16.0 Å². The van der Waals surface area contributed by atoms with E-state index in [0.717, 1.165) is 64.7 Å². The number of nitrogens with two attached hydrogens (primary N) is 1. The molecule has 1 rings (SSSR count). The molecule has 63 heavy (non-hydrogen) atoms. The third-order valence-corrected chi connectivity index (χ3v) is 11.1. The standard InChI is InChI=1S/C45H80N4O14/c1-6-8-10-12-14-15-16-17-19-21-23-25-37(53)62-33(24-22-20-18-13-11-9-7-2)28-38(54)60-29-35-40(55)41(39(45(59)63-35)48-32(5)50)61-31(4)44(58)47-30(3)43(57)49-34(42(46)56)26-27-36(51)52/h30-31,33-35,39-41,45,55,59H,6-29H2,1-5H3,(H2,46,56)(H,47,58)(H,48,50)(H,49,57)(H,51,52)/t30-,31?,33+,34+,35+,39+,40+,41-,45?/m0/s1. The molecule has 1 aliphatic rings. The summed E-state index contributed by atoms with van der Waals surface area (Å²) in [4.78, 5) is 86.6. The SMILES string of the molecule is CCCCCCCCCCCCCC(=O)O[C@H](CCCCCCCCC)CC(=O)OC[C@H]1OC(O)[C@H](NC(C)=O)[C@H](OC(C)C(=O)N[C@@H](C)C(=O)N[C@H](CCC(=O)O)C(N)=O)[C@@H]1O. The molecule has 0 aromatic heterocycles. The Balaban J connectivity index is 2.85. The first-order chi connectivity index (χ1) is 30.0. The van der Waals surface area contributed by atoms with Crippen LogP contribution in [0.15, 0.2) is 0 Å². The van der Waals surface area contributed by atoms with Gasteiger partial charge in [0.25, 0.3) is 0 Å². The molecule has 0 radical (unpaired) electrons. The van der Waals surface area contributed by atoms with Gasteiger partial charge in [0, 0.05) is 19.8 Å². The predicted molar refractivity (Wildman–Crippen MR) is 234 cm³/mol. The van der Waals surface area contributed by atoms with Crippen LogP contribution < -0.4 is 21.7 Å². The molecule has 0 aromatic rings. The molecule has 0 aliphatic carbocycles. The van der Waals surface area contributed by atoms with Crippen molar-refractivity contribution >= 4 is 41.5 Å². The summed E-state index contributed by atoms with van der Waals surface area (Å²) in [5.74, 6) is -5.58. The van der Waals surface area contributed by atoms with E-state index in [1.54, 1.807) is 0 Å². The highest BCUT2D eigenvalue weighted by Gasteiger charge is 2.47. The van der Waals surface area contributed by atoms with Gasteiger partial charge >= 0.3 is 17.9 Å². The quantitative estimate of drug-likeness (QED) is 0.0340. The summed E-state index contributed by atoms with van der Waals surface area (Å²) >= 11 is 0. The molecule has 0 spiro atoms. The lowest BCUT2D eigenvalue weighted by Crippen LogP contribution is -2.66. The molecule has 1 heterocycles. The van der Waals surface area contributed by atoms with Crippen molar-refractivity contribution < 1.29 is 67.8 Å². The Kier molecular flexibility index (Phi) is 30.5. The number of aliphatic hydroxyl groups is 2. The first-order valence-corrected chi connectivity index (χ1v) is 23.4. The molecule has 9 atom stereocenters. The average Bonchev–Trinajstić information content (AvgIpc) is 3.22. The first-order valence-electron chi connectivity index (χ1n) is 23.4. The highest BCUT2D eigenvalue weighted by atomic mass is 16.6. The molecule has 0 saturated carbocycles. The summed E-state index contributed by atoms with van der Waals surface area (Å²) in [6.45, 7) is 7.56. The summed E-state index contributed by atoms with van der Waals surface area (Å²) in [7, 11) is 0. The van der Waals surface area contributed by atoms with Crippen LogP contribution in [0, 0.1) is 0 Å². The van der Waals surface area contributed by atoms with Crippen LogP contribution in [0.3, 0.4) is 0 Å². The van der Waals surface area contributed by atoms with Crippen molar-refractivity contribution in [3.63, 3.8) is 0 Å². The topological polar surface area (TPSA) is 279 Å². The highest BCUT2D eigenvalue weighted by Crippen LogP contribution is 2.25. The summed E-state index contributed by atoms with van der Waals surface area (Å²) in [6.07, 6.45) is 11.3. The zero-order chi connectivity index (χ0) is 47.2. The fourth-order valence-electron chi connectivity index (χ4n) is 7.30. The number of ether oxygens (including phenoxy) is 4. The number of aliphatic hydroxyl groups excluding tert-OH is 2. The summed E-state index contributed by atoms with van der Waals surface area (Å²) in [5.41, 5.74) is 5.28. The Hall–Kier alpha value is -3.87. The highest BCUT2D eigenvalue weighted by molar-refractivity contribution is 5.92. The van der Waals surface area contributed by atoms with Crippen molar-refractivity contribution in [2.45, 2.75) is 237 Å². The zero-order valence-electron chi connectivity index (χ0n) is 38.6. The fraction of sp³-hybridized carbons (Fsp3) is 0.844. The third kappa shape index (κ3) is 25.9. The Morgan fingerprint density at radius 3 is 1.76 bits per heavy atom. The number of hydrogen-bond donors (Lipinski definition) is 7. The molecule has 1 aliphatic heterocycles. The Morgan fingerprint density at radius 1 is 0.698 bits per heavy atom. The Morgan fingerprint density at radius 2 is 1.24 bits per heavy atom. The number of carbonyl (C=O) groups is 7. The van der Waals surface area contributed by atoms with Gasteiger partial charge in [0.15, 0.2) is 6.29 Å². The van der Waals surface area contributed by atoms with Crippen molar-refractivity contribution in [2.75, 3.05) is 6.61 Å². The average molecular weight is 901 g/mol. The van der Waals surface area contributed by atoms with Gasteiger partial charge in [-0.2, -0.15) is 0 Å². The van der Waals surface area contributed by atoms with Gasteiger partial charge in [-0.1, -0.05) is 117 Å². The molecule has 0 bridgehead atoms. The van der Waals surface area contributed by atoms with Crippen LogP contribution >= 0.6 is 0 Å². The number of amides is 4. The molecular weight excluding hydrogens is 821 g/mol. The first kappa shape index (κ1) is 57.1. The number of carboxylic acids is 1. The van der Waals surface area contributed by atoms with E-state index in [1.165, 1.54) is 65.2 Å². The van der Waals surface area contributed by atoms with E-state index in [2.05, 4.69) is 29.8 Å². The molecule has 2 unspecified atom stereocenters. The van der Waals surface area contributed by atoms with Gasteiger partial charge < -0.3 is 56.0 Å². The molecule has 4 amide bonds. The molecule has 8 N–H and O–H groups in total. The van der Waals surface area contributed by atoms with E-state index < -0.39 is 104 Å². The minimum Gasteiger partial charge on any atom is -0.481 e. The van der Waals surface area contributed by atoms with E-state index >= 15 is 0 Å². The van der Waals surface area contributed by atoms with E-state index in [0.29, 0.717) is 12.8 Å². The lowest BCUT2D eigenvalue weighted by molar-refractivity contribution is -0.267. The number of carboxylic acid groups (broad SMARTS) is 1. The molecule has 1 fully saturated rings. The number of hydrogen-bond acceptors (Lipinski definition) is 13. The van der Waals surface area contributed by atoms with Crippen LogP contribution in [0.2, 0.25) is 0 Å². The number of carbonyl (C=O) groups excluding carboxylic acids is 6. The van der Waals surface area contributed by atoms with Crippen molar-refractivity contribution in [3.8, 4) is 0 Å². The van der Waals surface area contributed by atoms with Gasteiger partial charge in [-0.05, 0) is 39.5 Å². The second-order valence-electron chi connectivity index (χ2n) is 16.8. The van der Waals surface area contributed by atoms with Crippen LogP contribution in [0.1, 0.15) is 182 Å². The maximum absolute atomic E-state index is 13.2. The van der Waals surface area contributed by atoms with Crippen LogP contribution in [-0.4, -0.2) is 118 Å². The minimum absolute atomic E-state index is 0.234. The predicted octanol–water partition coefficient (Wildman–Crippen LogP) is 4.37. The second kappa shape index (κ2) is 33.6. The maximum atomic E-state index is 13.2. The number of rotatable bonds is 36. The third-order valence-electron chi connectivity index (χ3n) is 11.1. The molecule has 1 saturated heterocycles. The van der Waals surface area contributed by atoms with Gasteiger partial charge in [-0.15, -0.1) is 0 Å². The summed E-state index contributed by atoms with van der Waals surface area (Å²) in [6, 6.07) is -3.94. The molecule has 18 nitrogen and oxygen atoms in total. The smallest absolute Gasteiger partial charge is 0.309 e. The zero-order valence-corrected chi connectivity index (χ0v) is 38.6. The lowest BCUT2D eigenvalue weighted by Gasteiger charge is -2.43. The number of primary amides is 1. The van der Waals surface area contributed by atoms with Crippen LogP contribution in [0.25, 0.3) is 0 Å². The molecule has 18 heteroatoms. The Bertz CT molecular complexity index is 1370. The van der Waals surface area contributed by atoms with Crippen molar-refractivity contribution in [2.24, 2.45) is 5.73 Å². The molecule has 364 valence electrons. The second-order valence-corrected chi connectivity index (χ2v) is 16.8. The molecule has 0 aromatic carbocycles. The fourth-order valence-corrected chi connectivity index (χ4v) is 7.30. The minimum atomic E-state index is -1.77. The largest absolute Gasteiger partial charge is 0.481 e. The van der Waals surface area contributed by atoms with E-state index in [4.69, 9.17) is 29.8 Å². The van der Waals surface area contributed by atoms with Gasteiger partial charge in [0.05, 0.1) is 6.42 Å². The van der Waals surface area contributed by atoms with Crippen molar-refractivity contribution in [1.29, 1.82) is 0 Å². The van der Waals surface area contributed by atoms with E-state index in [-0.39, 0.29) is 25.2 Å². The lowest BCUT2D eigenvalue weighted by atomic mass is 9.96. The van der Waals surface area contributed by atoms with Crippen LogP contribution in [0.5, 0.6) is 0 Å². The maximum Gasteiger partial charge on any atom is 0.309 e. The van der Waals surface area contributed by atoms with Crippen LogP contribution in [0.4, 0.5) is 0 Å². The van der Waals surface area contributed by atoms with Gasteiger partial charge in [0.2, 0.25) is 23.6 Å². The van der Waals surface area contributed by atoms with Crippen molar-refractivity contribution in [3.05, 3.63) is 0 Å². The van der Waals surface area contributed by atoms with E-state index in [1.807, 2.05) is 0 Å². The van der Waals surface area contributed by atoms with Gasteiger partial charge in [-0.3, -0.25) is 33.6 Å². The number of aliphatic carboxylic acids is 1. The van der Waals surface area contributed by atoms with Gasteiger partial charge in [-0.25, -0.2) is 0 Å². The van der Waals surface area contributed by atoms with E-state index in [9.17, 15) is 43.8 Å². The normalized spacial score (nSPS) is 20.4. The monoisotopic (exact) mass is 901 g/mol. The summed E-state index contributed by atoms with van der Waals surface area (Å²) in [5, 5.41) is 38.3. The number of nitrogens with one attached hydrogen (secondary N) is 3. The van der Waals surface area contributed by atoms with Crippen LogP contribution in [-0.2, 0) is 52.5 Å².